The maximum Gasteiger partial charge on any atom is 0.102 e. The van der Waals surface area contributed by atoms with Crippen molar-refractivity contribution in [2.24, 2.45) is 0 Å². The number of pyridine rings is 1. The Labute approximate surface area is 116 Å². The molecular formula is C15H15FN4. The third-order valence-corrected chi connectivity index (χ3v) is 3.74. The van der Waals surface area contributed by atoms with E-state index in [0.717, 1.165) is 23.0 Å². The molecule has 0 radical (unpaired) electrons. The number of nitrogens with one attached hydrogen (secondary N) is 1. The second-order valence-electron chi connectivity index (χ2n) is 5.18. The molecule has 1 aromatic carbocycles. The minimum atomic E-state index is -0.739. The van der Waals surface area contributed by atoms with Gasteiger partial charge in [-0.2, -0.15) is 5.26 Å². The molecule has 102 valence electrons. The summed E-state index contributed by atoms with van der Waals surface area (Å²) < 4.78 is 13.3. The van der Waals surface area contributed by atoms with Crippen molar-refractivity contribution >= 4 is 22.3 Å². The van der Waals surface area contributed by atoms with Crippen molar-refractivity contribution in [3.63, 3.8) is 0 Å². The zero-order valence-corrected chi connectivity index (χ0v) is 10.9. The topological polar surface area (TPSA) is 74.7 Å². The second kappa shape index (κ2) is 4.97. The summed E-state index contributed by atoms with van der Waals surface area (Å²) in [5, 5.41) is 13.1. The SMILES string of the molecule is N#Cc1ccc2ncc(N)c(N[C@H]3CC[C@@H](F)C3)c2c1. The molecule has 4 nitrogen and oxygen atoms in total. The van der Waals surface area contributed by atoms with Crippen LogP contribution < -0.4 is 11.1 Å². The first-order valence-electron chi connectivity index (χ1n) is 6.66. The van der Waals surface area contributed by atoms with Crippen LogP contribution >= 0.6 is 0 Å². The number of nitrogens with two attached hydrogens (primary N) is 1. The number of benzene rings is 1. The summed E-state index contributed by atoms with van der Waals surface area (Å²) in [7, 11) is 0. The van der Waals surface area contributed by atoms with E-state index in [9.17, 15) is 4.39 Å². The average Bonchev–Trinajstić information content (AvgIpc) is 2.87. The third-order valence-electron chi connectivity index (χ3n) is 3.74. The molecule has 1 heterocycles. The van der Waals surface area contributed by atoms with Crippen LogP contribution in [0.15, 0.2) is 24.4 Å². The molecule has 2 aromatic rings. The van der Waals surface area contributed by atoms with Gasteiger partial charge in [0.25, 0.3) is 0 Å². The molecule has 0 aliphatic heterocycles. The van der Waals surface area contributed by atoms with Gasteiger partial charge < -0.3 is 11.1 Å². The Morgan fingerprint density at radius 1 is 1.40 bits per heavy atom. The molecule has 5 heteroatoms. The Hall–Kier alpha value is -2.35. The fourth-order valence-electron chi connectivity index (χ4n) is 2.70. The Bertz CT molecular complexity index is 692. The smallest absolute Gasteiger partial charge is 0.102 e. The van der Waals surface area contributed by atoms with Crippen LogP contribution in [0.25, 0.3) is 10.9 Å². The molecule has 0 unspecified atom stereocenters. The Balaban J connectivity index is 2.03. The highest BCUT2D eigenvalue weighted by atomic mass is 19.1. The molecule has 3 N–H and O–H groups in total. The van der Waals surface area contributed by atoms with Crippen LogP contribution in [0.2, 0.25) is 0 Å². The predicted molar refractivity (Wildman–Crippen MR) is 77.0 cm³/mol. The molecule has 1 aliphatic rings. The number of hydrogen-bond donors (Lipinski definition) is 2. The van der Waals surface area contributed by atoms with Crippen LogP contribution in [-0.2, 0) is 0 Å². The van der Waals surface area contributed by atoms with E-state index in [0.29, 0.717) is 24.1 Å². The van der Waals surface area contributed by atoms with Crippen molar-refractivity contribution in [3.8, 4) is 6.07 Å². The molecule has 0 spiro atoms. The van der Waals surface area contributed by atoms with E-state index in [-0.39, 0.29) is 6.04 Å². The van der Waals surface area contributed by atoms with Crippen molar-refractivity contribution in [3.05, 3.63) is 30.0 Å². The number of nitrogen functional groups attached to an aromatic ring is 1. The Kier molecular flexibility index (Phi) is 3.15. The number of alkyl halides is 1. The predicted octanol–water partition coefficient (Wildman–Crippen LogP) is 2.99. The molecule has 1 aromatic heterocycles. The van der Waals surface area contributed by atoms with E-state index >= 15 is 0 Å². The van der Waals surface area contributed by atoms with E-state index in [1.165, 1.54) is 0 Å². The average molecular weight is 270 g/mol. The Morgan fingerprint density at radius 3 is 2.95 bits per heavy atom. The molecule has 0 amide bonds. The lowest BCUT2D eigenvalue weighted by atomic mass is 10.1. The molecular weight excluding hydrogens is 255 g/mol. The summed E-state index contributed by atoms with van der Waals surface area (Å²) in [5.74, 6) is 0. The van der Waals surface area contributed by atoms with Crippen LogP contribution in [0.1, 0.15) is 24.8 Å². The summed E-state index contributed by atoms with van der Waals surface area (Å²) in [6.07, 6.45) is 2.74. The number of rotatable bonds is 2. The van der Waals surface area contributed by atoms with Gasteiger partial charge >= 0.3 is 0 Å². The molecule has 20 heavy (non-hydrogen) atoms. The van der Waals surface area contributed by atoms with Crippen molar-refractivity contribution in [2.45, 2.75) is 31.5 Å². The summed E-state index contributed by atoms with van der Waals surface area (Å²) in [6.45, 7) is 0. The molecule has 0 bridgehead atoms. The highest BCUT2D eigenvalue weighted by molar-refractivity contribution is 5.97. The number of hydrogen-bond acceptors (Lipinski definition) is 4. The zero-order chi connectivity index (χ0) is 14.1. The van der Waals surface area contributed by atoms with Crippen LogP contribution in [0.3, 0.4) is 0 Å². The number of anilines is 2. The Morgan fingerprint density at radius 2 is 2.25 bits per heavy atom. The van der Waals surface area contributed by atoms with Crippen LogP contribution in [0, 0.1) is 11.3 Å². The highest BCUT2D eigenvalue weighted by Crippen LogP contribution is 2.32. The van der Waals surface area contributed by atoms with E-state index in [1.54, 1.807) is 24.4 Å². The quantitative estimate of drug-likeness (QED) is 0.879. The molecule has 1 fully saturated rings. The maximum absolute atomic E-state index is 13.3. The standard InChI is InChI=1S/C15H15FN4/c16-10-2-3-11(6-10)20-15-12-5-9(7-17)1-4-14(12)19-8-13(15)18/h1,4-5,8,10-11H,2-3,6,18H2,(H,19,20)/t10-,11+/m1/s1. The van der Waals surface area contributed by atoms with E-state index < -0.39 is 6.17 Å². The summed E-state index contributed by atoms with van der Waals surface area (Å²) in [4.78, 5) is 4.26. The monoisotopic (exact) mass is 270 g/mol. The van der Waals surface area contributed by atoms with Gasteiger partial charge in [-0.15, -0.1) is 0 Å². The lowest BCUT2D eigenvalue weighted by molar-refractivity contribution is 0.341. The van der Waals surface area contributed by atoms with E-state index in [4.69, 9.17) is 11.0 Å². The van der Waals surface area contributed by atoms with Crippen LogP contribution in [-0.4, -0.2) is 17.2 Å². The summed E-state index contributed by atoms with van der Waals surface area (Å²) in [5.41, 5.74) is 8.60. The number of nitrogens with zero attached hydrogens (tertiary/aromatic N) is 2. The minimum Gasteiger partial charge on any atom is -0.396 e. The summed E-state index contributed by atoms with van der Waals surface area (Å²) in [6, 6.07) is 7.48. The van der Waals surface area contributed by atoms with Crippen LogP contribution in [0.4, 0.5) is 15.8 Å². The molecule has 3 rings (SSSR count). The number of halogens is 1. The summed E-state index contributed by atoms with van der Waals surface area (Å²) >= 11 is 0. The lowest BCUT2D eigenvalue weighted by Crippen LogP contribution is -2.17. The van der Waals surface area contributed by atoms with E-state index in [2.05, 4.69) is 16.4 Å². The van der Waals surface area contributed by atoms with Gasteiger partial charge in [0.05, 0.1) is 34.7 Å². The van der Waals surface area contributed by atoms with Gasteiger partial charge in [0.1, 0.15) is 6.17 Å². The highest BCUT2D eigenvalue weighted by Gasteiger charge is 2.25. The molecule has 1 saturated carbocycles. The number of nitriles is 1. The first-order chi connectivity index (χ1) is 9.67. The van der Waals surface area contributed by atoms with Crippen molar-refractivity contribution in [2.75, 3.05) is 11.1 Å². The van der Waals surface area contributed by atoms with E-state index in [1.807, 2.05) is 0 Å². The number of aromatic nitrogens is 1. The fraction of sp³-hybridized carbons (Fsp3) is 0.333. The normalized spacial score (nSPS) is 21.8. The van der Waals surface area contributed by atoms with Crippen LogP contribution in [0.5, 0.6) is 0 Å². The third kappa shape index (κ3) is 2.25. The fourth-order valence-corrected chi connectivity index (χ4v) is 2.70. The van der Waals surface area contributed by atoms with Gasteiger partial charge in [0.15, 0.2) is 0 Å². The first kappa shape index (κ1) is 12.7. The lowest BCUT2D eigenvalue weighted by Gasteiger charge is -2.17. The number of fused-ring (bicyclic) bond motifs is 1. The van der Waals surface area contributed by atoms with Crippen molar-refractivity contribution < 1.29 is 4.39 Å². The van der Waals surface area contributed by atoms with Gasteiger partial charge in [-0.1, -0.05) is 0 Å². The second-order valence-corrected chi connectivity index (χ2v) is 5.18. The van der Waals surface area contributed by atoms with Gasteiger partial charge in [-0.25, -0.2) is 4.39 Å². The van der Waals surface area contributed by atoms with Gasteiger partial charge in [-0.05, 0) is 37.5 Å². The minimum absolute atomic E-state index is 0.0867. The molecule has 1 aliphatic carbocycles. The van der Waals surface area contributed by atoms with Crippen molar-refractivity contribution in [1.82, 2.24) is 4.98 Å². The molecule has 0 saturated heterocycles. The van der Waals surface area contributed by atoms with Gasteiger partial charge in [0, 0.05) is 11.4 Å². The zero-order valence-electron chi connectivity index (χ0n) is 10.9. The first-order valence-corrected chi connectivity index (χ1v) is 6.66. The largest absolute Gasteiger partial charge is 0.396 e. The van der Waals surface area contributed by atoms with Crippen molar-refractivity contribution in [1.29, 1.82) is 5.26 Å². The maximum atomic E-state index is 13.3. The molecule has 2 atom stereocenters. The van der Waals surface area contributed by atoms with Gasteiger partial charge in [-0.3, -0.25) is 4.98 Å². The van der Waals surface area contributed by atoms with Gasteiger partial charge in [0.2, 0.25) is 0 Å².